The van der Waals surface area contributed by atoms with E-state index in [9.17, 15) is 0 Å². The topological polar surface area (TPSA) is 16.1 Å². The summed E-state index contributed by atoms with van der Waals surface area (Å²) in [6, 6.07) is 13.3. The van der Waals surface area contributed by atoms with E-state index in [1.54, 1.807) is 0 Å². The van der Waals surface area contributed by atoms with Crippen LogP contribution in [-0.2, 0) is 0 Å². The van der Waals surface area contributed by atoms with Crippen LogP contribution >= 0.6 is 0 Å². The molecule has 2 heterocycles. The molecule has 2 nitrogen and oxygen atoms in total. The van der Waals surface area contributed by atoms with Crippen molar-refractivity contribution in [1.82, 2.24) is 9.88 Å². The number of likely N-dealkylation sites (tertiary alicyclic amines) is 1. The molecular weight excluding hydrogens is 220 g/mol. The van der Waals surface area contributed by atoms with Crippen molar-refractivity contribution in [3.8, 4) is 11.1 Å². The summed E-state index contributed by atoms with van der Waals surface area (Å²) in [6.07, 6.45) is 6.45. The summed E-state index contributed by atoms with van der Waals surface area (Å²) in [5.41, 5.74) is 3.98. The molecule has 0 aliphatic carbocycles. The van der Waals surface area contributed by atoms with Gasteiger partial charge in [0.05, 0.1) is 0 Å². The van der Waals surface area contributed by atoms with Crippen LogP contribution < -0.4 is 0 Å². The number of benzene rings is 1. The number of pyridine rings is 1. The molecule has 92 valence electrons. The van der Waals surface area contributed by atoms with Crippen LogP contribution in [0.4, 0.5) is 0 Å². The fourth-order valence-electron chi connectivity index (χ4n) is 2.86. The van der Waals surface area contributed by atoms with Crippen LogP contribution in [0.3, 0.4) is 0 Å². The fourth-order valence-corrected chi connectivity index (χ4v) is 2.86. The average molecular weight is 238 g/mol. The average Bonchev–Trinajstić information content (AvgIpc) is 2.86. The molecule has 2 aromatic rings. The van der Waals surface area contributed by atoms with Gasteiger partial charge in [0.2, 0.25) is 0 Å². The second-order valence-electron chi connectivity index (χ2n) is 4.97. The van der Waals surface area contributed by atoms with Gasteiger partial charge in [0.25, 0.3) is 0 Å². The number of hydrogen-bond acceptors (Lipinski definition) is 2. The molecule has 1 aromatic heterocycles. The lowest BCUT2D eigenvalue weighted by atomic mass is 9.96. The molecule has 2 heteroatoms. The van der Waals surface area contributed by atoms with Gasteiger partial charge in [0.1, 0.15) is 0 Å². The Morgan fingerprint density at radius 2 is 2.00 bits per heavy atom. The minimum Gasteiger partial charge on any atom is -0.299 e. The quantitative estimate of drug-likeness (QED) is 0.796. The van der Waals surface area contributed by atoms with Crippen molar-refractivity contribution < 1.29 is 0 Å². The molecule has 0 radical (unpaired) electrons. The first-order chi connectivity index (χ1) is 8.86. The summed E-state index contributed by atoms with van der Waals surface area (Å²) < 4.78 is 0. The Morgan fingerprint density at radius 1 is 1.17 bits per heavy atom. The first-order valence-electron chi connectivity index (χ1n) is 6.56. The van der Waals surface area contributed by atoms with E-state index in [0.717, 1.165) is 0 Å². The predicted molar refractivity (Wildman–Crippen MR) is 74.3 cm³/mol. The van der Waals surface area contributed by atoms with Crippen LogP contribution in [0.15, 0.2) is 48.8 Å². The lowest BCUT2D eigenvalue weighted by molar-refractivity contribution is 0.317. The lowest BCUT2D eigenvalue weighted by Crippen LogP contribution is -2.18. The van der Waals surface area contributed by atoms with Gasteiger partial charge in [0.15, 0.2) is 0 Å². The highest BCUT2D eigenvalue weighted by atomic mass is 15.1. The number of rotatable bonds is 2. The molecule has 0 N–H and O–H groups in total. The molecule has 3 rings (SSSR count). The lowest BCUT2D eigenvalue weighted by Gasteiger charge is -2.22. The Hall–Kier alpha value is -1.67. The fraction of sp³-hybridized carbons (Fsp3) is 0.312. The molecule has 1 fully saturated rings. The summed E-state index contributed by atoms with van der Waals surface area (Å²) in [5.74, 6) is 0. The first-order valence-corrected chi connectivity index (χ1v) is 6.56. The molecule has 1 saturated heterocycles. The van der Waals surface area contributed by atoms with Gasteiger partial charge in [-0.1, -0.05) is 30.3 Å². The molecule has 18 heavy (non-hydrogen) atoms. The van der Waals surface area contributed by atoms with E-state index in [0.29, 0.717) is 6.04 Å². The zero-order valence-corrected chi connectivity index (χ0v) is 10.7. The van der Waals surface area contributed by atoms with Crippen molar-refractivity contribution in [3.05, 3.63) is 54.4 Å². The number of aromatic nitrogens is 1. The Labute approximate surface area is 108 Å². The Bertz CT molecular complexity index is 522. The van der Waals surface area contributed by atoms with Gasteiger partial charge in [-0.15, -0.1) is 0 Å². The van der Waals surface area contributed by atoms with Crippen LogP contribution in [0.25, 0.3) is 11.1 Å². The molecule has 0 unspecified atom stereocenters. The van der Waals surface area contributed by atoms with E-state index in [1.165, 1.54) is 36.1 Å². The first kappa shape index (κ1) is 11.4. The number of nitrogens with zero attached hydrogens (tertiary/aromatic N) is 2. The van der Waals surface area contributed by atoms with Crippen molar-refractivity contribution in [2.24, 2.45) is 0 Å². The summed E-state index contributed by atoms with van der Waals surface area (Å²) in [4.78, 5) is 6.76. The molecule has 0 spiro atoms. The minimum atomic E-state index is 0.522. The highest BCUT2D eigenvalue weighted by Gasteiger charge is 2.25. The van der Waals surface area contributed by atoms with Crippen LogP contribution in [0, 0.1) is 0 Å². The van der Waals surface area contributed by atoms with Crippen molar-refractivity contribution in [3.63, 3.8) is 0 Å². The van der Waals surface area contributed by atoms with Crippen molar-refractivity contribution >= 4 is 0 Å². The van der Waals surface area contributed by atoms with Crippen molar-refractivity contribution in [1.29, 1.82) is 0 Å². The van der Waals surface area contributed by atoms with Crippen molar-refractivity contribution in [2.75, 3.05) is 13.6 Å². The zero-order valence-electron chi connectivity index (χ0n) is 10.7. The van der Waals surface area contributed by atoms with E-state index in [1.807, 2.05) is 12.4 Å². The molecule has 1 aliphatic rings. The minimum absolute atomic E-state index is 0.522. The van der Waals surface area contributed by atoms with Gasteiger partial charge in [-0.2, -0.15) is 0 Å². The maximum absolute atomic E-state index is 4.32. The van der Waals surface area contributed by atoms with Crippen LogP contribution in [0.1, 0.15) is 24.4 Å². The Balaban J connectivity index is 2.05. The van der Waals surface area contributed by atoms with Crippen molar-refractivity contribution in [2.45, 2.75) is 18.9 Å². The van der Waals surface area contributed by atoms with E-state index >= 15 is 0 Å². The van der Waals surface area contributed by atoms with Crippen LogP contribution in [0.2, 0.25) is 0 Å². The van der Waals surface area contributed by atoms with E-state index in [2.05, 4.69) is 53.3 Å². The summed E-state index contributed by atoms with van der Waals surface area (Å²) in [7, 11) is 2.21. The Morgan fingerprint density at radius 3 is 2.72 bits per heavy atom. The van der Waals surface area contributed by atoms with E-state index in [4.69, 9.17) is 0 Å². The molecule has 0 saturated carbocycles. The largest absolute Gasteiger partial charge is 0.299 e. The molecule has 1 aromatic carbocycles. The summed E-state index contributed by atoms with van der Waals surface area (Å²) in [6.45, 7) is 1.19. The molecule has 1 atom stereocenters. The van der Waals surface area contributed by atoms with Gasteiger partial charge in [-0.25, -0.2) is 0 Å². The van der Waals surface area contributed by atoms with Crippen LogP contribution in [0.5, 0.6) is 0 Å². The summed E-state index contributed by atoms with van der Waals surface area (Å²) in [5, 5.41) is 0. The monoisotopic (exact) mass is 238 g/mol. The van der Waals surface area contributed by atoms with Gasteiger partial charge in [-0.05, 0) is 49.2 Å². The third kappa shape index (κ3) is 2.04. The normalized spacial score (nSPS) is 20.2. The second-order valence-corrected chi connectivity index (χ2v) is 4.97. The molecule has 0 amide bonds. The van der Waals surface area contributed by atoms with Gasteiger partial charge >= 0.3 is 0 Å². The third-order valence-electron chi connectivity index (χ3n) is 3.82. The Kier molecular flexibility index (Phi) is 3.11. The van der Waals surface area contributed by atoms with Gasteiger partial charge < -0.3 is 0 Å². The molecule has 1 aliphatic heterocycles. The zero-order chi connectivity index (χ0) is 12.4. The molecular formula is C16H18N2. The molecule has 0 bridgehead atoms. The smallest absolute Gasteiger partial charge is 0.0366 e. The van der Waals surface area contributed by atoms with E-state index < -0.39 is 0 Å². The maximum atomic E-state index is 4.32. The summed E-state index contributed by atoms with van der Waals surface area (Å²) >= 11 is 0. The maximum Gasteiger partial charge on any atom is 0.0366 e. The number of hydrogen-bond donors (Lipinski definition) is 0. The third-order valence-corrected chi connectivity index (χ3v) is 3.82. The SMILES string of the molecule is CN1CCC[C@H]1c1cnccc1-c1ccccc1. The highest BCUT2D eigenvalue weighted by Crippen LogP contribution is 2.35. The second kappa shape index (κ2) is 4.91. The highest BCUT2D eigenvalue weighted by molar-refractivity contribution is 5.67. The van der Waals surface area contributed by atoms with Gasteiger partial charge in [-0.3, -0.25) is 9.88 Å². The van der Waals surface area contributed by atoms with Gasteiger partial charge in [0, 0.05) is 18.4 Å². The predicted octanol–water partition coefficient (Wildman–Crippen LogP) is 3.52. The van der Waals surface area contributed by atoms with Crippen LogP contribution in [-0.4, -0.2) is 23.5 Å². The van der Waals surface area contributed by atoms with E-state index in [-0.39, 0.29) is 0 Å². The standard InChI is InChI=1S/C16H18N2/c1-18-11-5-8-16(18)15-12-17-10-9-14(15)13-6-3-2-4-7-13/h2-4,6-7,9-10,12,16H,5,8,11H2,1H3/t16-/m0/s1.